The van der Waals surface area contributed by atoms with Gasteiger partial charge in [0.25, 0.3) is 0 Å². The van der Waals surface area contributed by atoms with E-state index in [-0.39, 0.29) is 11.7 Å². The molecule has 0 saturated heterocycles. The van der Waals surface area contributed by atoms with E-state index < -0.39 is 11.9 Å². The lowest BCUT2D eigenvalue weighted by Gasteiger charge is -2.14. The minimum Gasteiger partial charge on any atom is -0.494 e. The molecule has 108 valence electrons. The maximum atomic E-state index is 13.8. The first kappa shape index (κ1) is 13.6. The highest BCUT2D eigenvalue weighted by Crippen LogP contribution is 2.29. The highest BCUT2D eigenvalue weighted by atomic mass is 19.1. The maximum Gasteiger partial charge on any atom is 0.228 e. The number of halogens is 1. The van der Waals surface area contributed by atoms with Crippen LogP contribution in [-0.2, 0) is 11.2 Å². The van der Waals surface area contributed by atoms with Crippen LogP contribution in [0.2, 0.25) is 0 Å². The number of amides is 1. The van der Waals surface area contributed by atoms with Gasteiger partial charge in [-0.3, -0.25) is 4.79 Å². The van der Waals surface area contributed by atoms with E-state index in [4.69, 9.17) is 10.5 Å². The molecule has 2 aromatic rings. The summed E-state index contributed by atoms with van der Waals surface area (Å²) in [6, 6.07) is 9.78. The van der Waals surface area contributed by atoms with Gasteiger partial charge in [0, 0.05) is 5.69 Å². The van der Waals surface area contributed by atoms with Crippen molar-refractivity contribution in [3.8, 4) is 5.75 Å². The lowest BCUT2D eigenvalue weighted by Crippen LogP contribution is -2.12. The molecule has 5 heteroatoms. The number of fused-ring (bicyclic) bond motifs is 1. The van der Waals surface area contributed by atoms with Gasteiger partial charge in [0.1, 0.15) is 0 Å². The third-order valence-corrected chi connectivity index (χ3v) is 3.65. The summed E-state index contributed by atoms with van der Waals surface area (Å²) in [5.41, 5.74) is 9.43. The Kier molecular flexibility index (Phi) is 3.35. The second-order valence-electron chi connectivity index (χ2n) is 5.01. The summed E-state index contributed by atoms with van der Waals surface area (Å²) in [4.78, 5) is 11.4. The molecule has 4 nitrogen and oxygen atoms in total. The average Bonchev–Trinajstić information content (AvgIpc) is 2.85. The van der Waals surface area contributed by atoms with Gasteiger partial charge >= 0.3 is 0 Å². The third kappa shape index (κ3) is 2.48. The molecule has 0 fully saturated rings. The molecule has 0 aromatic heterocycles. The fourth-order valence-corrected chi connectivity index (χ4v) is 2.51. The van der Waals surface area contributed by atoms with Gasteiger partial charge < -0.3 is 15.8 Å². The molecule has 0 bridgehead atoms. The van der Waals surface area contributed by atoms with Crippen LogP contribution in [0.15, 0.2) is 36.4 Å². The molecular formula is C16H15FN2O2. The standard InChI is InChI=1S/C16H15FN2O2/c1-21-14-5-3-10(7-12(14)17)16(18)9-2-4-13-11(6-9)8-15(20)19-13/h2-7,16H,8,18H2,1H3,(H,19,20). The normalized spacial score (nSPS) is 14.5. The Labute approximate surface area is 121 Å². The van der Waals surface area contributed by atoms with E-state index in [1.54, 1.807) is 12.1 Å². The van der Waals surface area contributed by atoms with Crippen molar-refractivity contribution in [3.63, 3.8) is 0 Å². The minimum absolute atomic E-state index is 0.0220. The summed E-state index contributed by atoms with van der Waals surface area (Å²) in [6.45, 7) is 0. The van der Waals surface area contributed by atoms with Crippen LogP contribution >= 0.6 is 0 Å². The number of methoxy groups -OCH3 is 1. The van der Waals surface area contributed by atoms with E-state index in [1.165, 1.54) is 13.2 Å². The Bertz CT molecular complexity index is 715. The lowest BCUT2D eigenvalue weighted by atomic mass is 9.97. The van der Waals surface area contributed by atoms with Crippen LogP contribution in [0.5, 0.6) is 5.75 Å². The van der Waals surface area contributed by atoms with Crippen molar-refractivity contribution in [2.75, 3.05) is 12.4 Å². The largest absolute Gasteiger partial charge is 0.494 e. The first-order chi connectivity index (χ1) is 10.1. The fourth-order valence-electron chi connectivity index (χ4n) is 2.51. The van der Waals surface area contributed by atoms with Crippen LogP contribution in [0.25, 0.3) is 0 Å². The molecular weight excluding hydrogens is 271 g/mol. The van der Waals surface area contributed by atoms with Gasteiger partial charge in [-0.25, -0.2) is 4.39 Å². The van der Waals surface area contributed by atoms with Crippen molar-refractivity contribution in [3.05, 3.63) is 58.9 Å². The van der Waals surface area contributed by atoms with Crippen LogP contribution in [0, 0.1) is 5.82 Å². The molecule has 0 aliphatic carbocycles. The number of hydrogen-bond donors (Lipinski definition) is 2. The predicted molar refractivity (Wildman–Crippen MR) is 77.8 cm³/mol. The minimum atomic E-state index is -0.452. The number of hydrogen-bond acceptors (Lipinski definition) is 3. The zero-order valence-electron chi connectivity index (χ0n) is 11.5. The van der Waals surface area contributed by atoms with Crippen molar-refractivity contribution in [1.29, 1.82) is 0 Å². The Hall–Kier alpha value is -2.40. The number of nitrogens with one attached hydrogen (secondary N) is 1. The number of carbonyl (C=O) groups excluding carboxylic acids is 1. The van der Waals surface area contributed by atoms with Crippen molar-refractivity contribution >= 4 is 11.6 Å². The van der Waals surface area contributed by atoms with Crippen LogP contribution in [0.1, 0.15) is 22.7 Å². The van der Waals surface area contributed by atoms with E-state index in [0.717, 1.165) is 16.8 Å². The van der Waals surface area contributed by atoms with E-state index in [1.807, 2.05) is 18.2 Å². The number of carbonyl (C=O) groups is 1. The first-order valence-corrected chi connectivity index (χ1v) is 6.60. The Morgan fingerprint density at radius 3 is 2.67 bits per heavy atom. The van der Waals surface area contributed by atoms with Crippen molar-refractivity contribution < 1.29 is 13.9 Å². The Morgan fingerprint density at radius 2 is 1.95 bits per heavy atom. The molecule has 1 unspecified atom stereocenters. The topological polar surface area (TPSA) is 64.3 Å². The van der Waals surface area contributed by atoms with Gasteiger partial charge in [-0.05, 0) is 34.9 Å². The molecule has 3 N–H and O–H groups in total. The summed E-state index contributed by atoms with van der Waals surface area (Å²) < 4.78 is 18.7. The van der Waals surface area contributed by atoms with Crippen LogP contribution < -0.4 is 15.8 Å². The number of anilines is 1. The van der Waals surface area contributed by atoms with Gasteiger partial charge in [-0.15, -0.1) is 0 Å². The molecule has 2 aromatic carbocycles. The Morgan fingerprint density at radius 1 is 1.24 bits per heavy atom. The number of nitrogens with two attached hydrogens (primary N) is 1. The number of benzene rings is 2. The number of ether oxygens (including phenoxy) is 1. The number of rotatable bonds is 3. The zero-order valence-corrected chi connectivity index (χ0v) is 11.5. The van der Waals surface area contributed by atoms with Crippen LogP contribution in [0.3, 0.4) is 0 Å². The molecule has 0 spiro atoms. The molecule has 1 amide bonds. The van der Waals surface area contributed by atoms with Gasteiger partial charge in [-0.1, -0.05) is 18.2 Å². The summed E-state index contributed by atoms with van der Waals surface area (Å²) in [7, 11) is 1.42. The second-order valence-corrected chi connectivity index (χ2v) is 5.01. The molecule has 1 aliphatic heterocycles. The summed E-state index contributed by atoms with van der Waals surface area (Å²) >= 11 is 0. The molecule has 1 atom stereocenters. The highest BCUT2D eigenvalue weighted by Gasteiger charge is 2.20. The average molecular weight is 286 g/mol. The summed E-state index contributed by atoms with van der Waals surface area (Å²) in [5, 5.41) is 2.77. The third-order valence-electron chi connectivity index (χ3n) is 3.65. The monoisotopic (exact) mass is 286 g/mol. The van der Waals surface area contributed by atoms with E-state index >= 15 is 0 Å². The Balaban J connectivity index is 1.92. The molecule has 0 saturated carbocycles. The predicted octanol–water partition coefficient (Wildman–Crippen LogP) is 2.38. The van der Waals surface area contributed by atoms with E-state index in [9.17, 15) is 9.18 Å². The summed E-state index contributed by atoms with van der Waals surface area (Å²) in [5.74, 6) is -0.274. The van der Waals surface area contributed by atoms with Gasteiger partial charge in [0.2, 0.25) is 5.91 Å². The SMILES string of the molecule is COc1ccc(C(N)c2ccc3c(c2)CC(=O)N3)cc1F. The lowest BCUT2D eigenvalue weighted by molar-refractivity contribution is -0.115. The maximum absolute atomic E-state index is 13.8. The highest BCUT2D eigenvalue weighted by molar-refractivity contribution is 5.99. The van der Waals surface area contributed by atoms with Crippen molar-refractivity contribution in [2.24, 2.45) is 5.73 Å². The van der Waals surface area contributed by atoms with E-state index in [0.29, 0.717) is 12.0 Å². The van der Waals surface area contributed by atoms with Crippen molar-refractivity contribution in [2.45, 2.75) is 12.5 Å². The molecule has 3 rings (SSSR count). The molecule has 1 aliphatic rings. The molecule has 0 radical (unpaired) electrons. The quantitative estimate of drug-likeness (QED) is 0.910. The van der Waals surface area contributed by atoms with Crippen LogP contribution in [0.4, 0.5) is 10.1 Å². The molecule has 21 heavy (non-hydrogen) atoms. The molecule has 1 heterocycles. The van der Waals surface area contributed by atoms with E-state index in [2.05, 4.69) is 5.32 Å². The van der Waals surface area contributed by atoms with Gasteiger partial charge in [-0.2, -0.15) is 0 Å². The first-order valence-electron chi connectivity index (χ1n) is 6.60. The van der Waals surface area contributed by atoms with Crippen molar-refractivity contribution in [1.82, 2.24) is 0 Å². The fraction of sp³-hybridized carbons (Fsp3) is 0.188. The smallest absolute Gasteiger partial charge is 0.228 e. The second kappa shape index (κ2) is 5.18. The van der Waals surface area contributed by atoms with Crippen LogP contribution in [-0.4, -0.2) is 13.0 Å². The zero-order chi connectivity index (χ0) is 15.0. The summed E-state index contributed by atoms with van der Waals surface area (Å²) in [6.07, 6.45) is 0.354. The van der Waals surface area contributed by atoms with Gasteiger partial charge in [0.15, 0.2) is 11.6 Å². The van der Waals surface area contributed by atoms with Gasteiger partial charge in [0.05, 0.1) is 19.6 Å².